The van der Waals surface area contributed by atoms with Crippen LogP contribution >= 0.6 is 0 Å². The third-order valence-electron chi connectivity index (χ3n) is 3.72. The number of fused-ring (bicyclic) bond motifs is 1. The monoisotopic (exact) mass is 337 g/mol. The van der Waals surface area contributed by atoms with E-state index in [0.29, 0.717) is 0 Å². The molecule has 2 aromatic rings. The molecular weight excluding hydrogens is 309 g/mol. The minimum absolute atomic E-state index is 0.203. The maximum atomic E-state index is 13.4. The number of carboxylic acids is 1. The van der Waals surface area contributed by atoms with Gasteiger partial charge in [0.1, 0.15) is 11.9 Å². The van der Waals surface area contributed by atoms with Crippen LogP contribution in [0.2, 0.25) is 0 Å². The van der Waals surface area contributed by atoms with Crippen LogP contribution in [0.25, 0.3) is 10.9 Å². The lowest BCUT2D eigenvalue weighted by atomic mass is 10.1. The maximum absolute atomic E-state index is 13.4. The maximum Gasteiger partial charge on any atom is 0.320 e. The van der Waals surface area contributed by atoms with Crippen LogP contribution in [-0.4, -0.2) is 28.2 Å². The van der Waals surface area contributed by atoms with Gasteiger partial charge in [0.05, 0.1) is 0 Å². The minimum atomic E-state index is -1.05. The van der Waals surface area contributed by atoms with Gasteiger partial charge in [0.2, 0.25) is 0 Å². The van der Waals surface area contributed by atoms with Crippen LogP contribution in [0.5, 0.6) is 0 Å². The zero-order chi connectivity index (χ0) is 18.1. The Labute approximate surface area is 142 Å². The van der Waals surface area contributed by atoms with Crippen molar-refractivity contribution < 1.29 is 14.3 Å². The number of carboxylic acid groups (broad SMARTS) is 1. The van der Waals surface area contributed by atoms with Gasteiger partial charge >= 0.3 is 5.97 Å². The molecule has 0 aliphatic heterocycles. The molecular formula is C18H28FN3O2. The van der Waals surface area contributed by atoms with Gasteiger partial charge < -0.3 is 21.1 Å². The normalized spacial score (nSPS) is 11.9. The molecule has 0 spiro atoms. The minimum Gasteiger partial charge on any atom is -0.480 e. The Morgan fingerprint density at radius 2 is 2.00 bits per heavy atom. The highest BCUT2D eigenvalue weighted by molar-refractivity contribution is 5.85. The molecule has 0 bridgehead atoms. The number of aromatic nitrogens is 1. The summed E-state index contributed by atoms with van der Waals surface area (Å²) in [6, 6.07) is 3.63. The molecule has 1 aromatic carbocycles. The number of carbonyl (C=O) groups is 1. The van der Waals surface area contributed by atoms with Crippen LogP contribution in [0, 0.1) is 5.82 Å². The first-order valence-electron chi connectivity index (χ1n) is 8.40. The number of halogens is 1. The number of nitrogens with zero attached hydrogens (tertiary/aromatic N) is 1. The lowest BCUT2D eigenvalue weighted by Gasteiger charge is -2.04. The summed E-state index contributed by atoms with van der Waals surface area (Å²) < 4.78 is 15.5. The number of hydrogen-bond donors (Lipinski definition) is 3. The molecule has 24 heavy (non-hydrogen) atoms. The zero-order valence-electron chi connectivity index (χ0n) is 14.5. The van der Waals surface area contributed by atoms with Crippen molar-refractivity contribution in [3.8, 4) is 0 Å². The van der Waals surface area contributed by atoms with Gasteiger partial charge in [0.15, 0.2) is 0 Å². The third kappa shape index (κ3) is 5.62. The van der Waals surface area contributed by atoms with Gasteiger partial charge in [0.25, 0.3) is 0 Å². The van der Waals surface area contributed by atoms with Crippen molar-refractivity contribution in [2.45, 2.75) is 52.1 Å². The van der Waals surface area contributed by atoms with Crippen LogP contribution in [0.4, 0.5) is 4.39 Å². The molecule has 1 heterocycles. The summed E-state index contributed by atoms with van der Waals surface area (Å²) in [6.45, 7) is 5.81. The smallest absolute Gasteiger partial charge is 0.320 e. The van der Waals surface area contributed by atoms with Gasteiger partial charge in [-0.1, -0.05) is 20.3 Å². The van der Waals surface area contributed by atoms with Gasteiger partial charge in [-0.25, -0.2) is 4.39 Å². The Bertz CT molecular complexity index is 653. The predicted octanol–water partition coefficient (Wildman–Crippen LogP) is 2.89. The van der Waals surface area contributed by atoms with Crippen LogP contribution in [0.1, 0.15) is 38.7 Å². The number of aliphatic carboxylic acids is 1. The van der Waals surface area contributed by atoms with Crippen molar-refractivity contribution in [1.29, 1.82) is 0 Å². The van der Waals surface area contributed by atoms with Gasteiger partial charge in [-0.3, -0.25) is 4.79 Å². The fraction of sp³-hybridized carbons (Fsp3) is 0.500. The third-order valence-corrected chi connectivity index (χ3v) is 3.72. The molecule has 0 unspecified atom stereocenters. The Morgan fingerprint density at radius 3 is 2.54 bits per heavy atom. The Kier molecular flexibility index (Phi) is 8.43. The zero-order valence-corrected chi connectivity index (χ0v) is 14.5. The molecule has 1 atom stereocenters. The largest absolute Gasteiger partial charge is 0.480 e. The van der Waals surface area contributed by atoms with E-state index in [9.17, 15) is 9.18 Å². The van der Waals surface area contributed by atoms with E-state index in [0.717, 1.165) is 48.8 Å². The fourth-order valence-corrected chi connectivity index (χ4v) is 2.34. The first-order chi connectivity index (χ1) is 11.4. The van der Waals surface area contributed by atoms with E-state index in [4.69, 9.17) is 16.6 Å². The average Bonchev–Trinajstić information content (AvgIpc) is 2.90. The van der Waals surface area contributed by atoms with E-state index >= 15 is 0 Å². The summed E-state index contributed by atoms with van der Waals surface area (Å²) in [5.74, 6) is -1.37. The first kappa shape index (κ1) is 20.1. The van der Waals surface area contributed by atoms with E-state index in [1.807, 2.05) is 10.8 Å². The van der Waals surface area contributed by atoms with Crippen molar-refractivity contribution in [3.63, 3.8) is 0 Å². The molecule has 0 radical (unpaired) electrons. The summed E-state index contributed by atoms with van der Waals surface area (Å²) in [5.41, 5.74) is 12.3. The Hall–Kier alpha value is -1.92. The fourth-order valence-electron chi connectivity index (χ4n) is 2.34. The van der Waals surface area contributed by atoms with Crippen LogP contribution in [0.15, 0.2) is 24.4 Å². The molecule has 0 aliphatic rings. The molecule has 1 aromatic heterocycles. The number of aryl methyl sites for hydroxylation is 1. The van der Waals surface area contributed by atoms with Crippen molar-refractivity contribution in [2.24, 2.45) is 11.5 Å². The number of hydrogen-bond acceptors (Lipinski definition) is 3. The van der Waals surface area contributed by atoms with Crippen molar-refractivity contribution in [1.82, 2.24) is 4.57 Å². The SMILES string of the molecule is CCCCn1cc(C[C@H](N)C(=O)O)c2cc(F)ccc21.CCCN. The molecule has 6 heteroatoms. The van der Waals surface area contributed by atoms with Crippen molar-refractivity contribution in [2.75, 3.05) is 6.54 Å². The van der Waals surface area contributed by atoms with Crippen molar-refractivity contribution in [3.05, 3.63) is 35.8 Å². The number of nitrogens with two attached hydrogens (primary N) is 2. The van der Waals surface area contributed by atoms with E-state index in [-0.39, 0.29) is 12.2 Å². The molecule has 5 nitrogen and oxygen atoms in total. The molecule has 0 saturated carbocycles. The molecule has 0 saturated heterocycles. The van der Waals surface area contributed by atoms with Crippen LogP contribution in [-0.2, 0) is 17.8 Å². The first-order valence-corrected chi connectivity index (χ1v) is 8.40. The average molecular weight is 337 g/mol. The molecule has 2 rings (SSSR count). The van der Waals surface area contributed by atoms with E-state index < -0.39 is 12.0 Å². The molecule has 134 valence electrons. The van der Waals surface area contributed by atoms with E-state index in [2.05, 4.69) is 13.8 Å². The molecule has 0 aliphatic carbocycles. The quantitative estimate of drug-likeness (QED) is 0.724. The Balaban J connectivity index is 0.000000648. The lowest BCUT2D eigenvalue weighted by Crippen LogP contribution is -2.32. The second-order valence-corrected chi connectivity index (χ2v) is 5.80. The number of rotatable bonds is 7. The second-order valence-electron chi connectivity index (χ2n) is 5.80. The topological polar surface area (TPSA) is 94.3 Å². The summed E-state index contributed by atoms with van der Waals surface area (Å²) in [6.07, 6.45) is 5.27. The van der Waals surface area contributed by atoms with Crippen LogP contribution < -0.4 is 11.5 Å². The van der Waals surface area contributed by atoms with E-state index in [1.54, 1.807) is 6.07 Å². The van der Waals surface area contributed by atoms with Crippen LogP contribution in [0.3, 0.4) is 0 Å². The van der Waals surface area contributed by atoms with Gasteiger partial charge in [0, 0.05) is 30.1 Å². The molecule has 0 fully saturated rings. The highest BCUT2D eigenvalue weighted by atomic mass is 19.1. The highest BCUT2D eigenvalue weighted by Crippen LogP contribution is 2.24. The summed E-state index contributed by atoms with van der Waals surface area (Å²) in [5, 5.41) is 9.66. The predicted molar refractivity (Wildman–Crippen MR) is 95.5 cm³/mol. The van der Waals surface area contributed by atoms with E-state index in [1.165, 1.54) is 12.1 Å². The standard InChI is InChI=1S/C15H19FN2O2.C3H9N/c1-2-3-6-18-9-10(7-13(17)15(19)20)12-8-11(16)4-5-14(12)18;1-2-3-4/h4-5,8-9,13H,2-3,6-7,17H2,1H3,(H,19,20);2-4H2,1H3/t13-;/m0./s1. The summed E-state index contributed by atoms with van der Waals surface area (Å²) >= 11 is 0. The molecule has 5 N–H and O–H groups in total. The second kappa shape index (κ2) is 10.1. The van der Waals surface area contributed by atoms with Gasteiger partial charge in [-0.2, -0.15) is 0 Å². The highest BCUT2D eigenvalue weighted by Gasteiger charge is 2.16. The Morgan fingerprint density at radius 1 is 1.33 bits per heavy atom. The van der Waals surface area contributed by atoms with Gasteiger partial charge in [-0.15, -0.1) is 0 Å². The summed E-state index contributed by atoms with van der Waals surface area (Å²) in [4.78, 5) is 10.9. The summed E-state index contributed by atoms with van der Waals surface area (Å²) in [7, 11) is 0. The van der Waals surface area contributed by atoms with Crippen molar-refractivity contribution >= 4 is 16.9 Å². The number of benzene rings is 1. The lowest BCUT2D eigenvalue weighted by molar-refractivity contribution is -0.138. The van der Waals surface area contributed by atoms with Gasteiger partial charge in [-0.05, 0) is 43.1 Å². The number of unbranched alkanes of at least 4 members (excludes halogenated alkanes) is 1. The molecule has 0 amide bonds.